The summed E-state index contributed by atoms with van der Waals surface area (Å²) >= 11 is 0. The molecule has 10 aromatic carbocycles. The third-order valence-electron chi connectivity index (χ3n) is 14.3. The number of benzene rings is 10. The van der Waals surface area contributed by atoms with E-state index in [-0.39, 0.29) is 32.6 Å². The van der Waals surface area contributed by atoms with Crippen molar-refractivity contribution in [1.29, 1.82) is 0 Å². The van der Waals surface area contributed by atoms with Crippen LogP contribution in [0.3, 0.4) is 0 Å². The van der Waals surface area contributed by atoms with Crippen LogP contribution in [0.15, 0.2) is 231 Å². The van der Waals surface area contributed by atoms with Crippen LogP contribution in [0.5, 0.6) is 11.5 Å². The quantitative estimate of drug-likeness (QED) is 0.112. The van der Waals surface area contributed by atoms with Crippen molar-refractivity contribution in [3.8, 4) is 51.2 Å². The van der Waals surface area contributed by atoms with Crippen LogP contribution < -0.4 is 9.30 Å². The van der Waals surface area contributed by atoms with Crippen LogP contribution in [0.25, 0.3) is 116 Å². The van der Waals surface area contributed by atoms with Gasteiger partial charge in [0.1, 0.15) is 5.82 Å². The molecule has 15 aromatic rings. The van der Waals surface area contributed by atoms with Crippen molar-refractivity contribution >= 4 is 76.5 Å². The van der Waals surface area contributed by atoms with Crippen molar-refractivity contribution in [2.24, 2.45) is 0 Å². The minimum absolute atomic E-state index is 0. The molecule has 8 heteroatoms. The van der Waals surface area contributed by atoms with Crippen molar-refractivity contribution < 1.29 is 41.3 Å². The molecule has 0 saturated carbocycles. The topological polar surface area (TPSA) is 45.7 Å². The summed E-state index contributed by atoms with van der Waals surface area (Å²) in [6, 6.07) is 80.1. The van der Waals surface area contributed by atoms with Crippen molar-refractivity contribution in [3.63, 3.8) is 0 Å². The molecule has 0 aliphatic heterocycles. The average molecular weight is 1160 g/mol. The smallest absolute Gasteiger partial charge is 0.268 e. The van der Waals surface area contributed by atoms with E-state index in [4.69, 9.17) is 14.3 Å². The van der Waals surface area contributed by atoms with E-state index in [0.717, 1.165) is 88.2 Å². The minimum atomic E-state index is -3.05. The van der Waals surface area contributed by atoms with E-state index < -0.39 is 37.0 Å². The van der Waals surface area contributed by atoms with Crippen LogP contribution in [0.1, 0.15) is 22.1 Å². The maximum absolute atomic E-state index is 9.34. The van der Waals surface area contributed by atoms with Crippen LogP contribution in [-0.2, 0) is 21.1 Å². The molecule has 0 radical (unpaired) electrons. The van der Waals surface area contributed by atoms with Gasteiger partial charge in [0.25, 0.3) is 6.33 Å². The Hall–Kier alpha value is -9.29. The summed E-state index contributed by atoms with van der Waals surface area (Å²) in [6.07, 6.45) is 2.97. The molecule has 0 atom stereocenters. The Balaban J connectivity index is 0.00000627. The number of aromatic nitrogens is 6. The van der Waals surface area contributed by atoms with Crippen molar-refractivity contribution in [2.45, 2.75) is 13.7 Å². The van der Waals surface area contributed by atoms with Crippen LogP contribution >= 0.6 is 0 Å². The van der Waals surface area contributed by atoms with Gasteiger partial charge in [-0.25, -0.2) is 4.98 Å². The zero-order valence-electron chi connectivity index (χ0n) is 48.2. The van der Waals surface area contributed by atoms with Gasteiger partial charge in [-0.05, 0) is 102 Å². The number of hydrogen-bond donors (Lipinski definition) is 0. The predicted octanol–water partition coefficient (Wildman–Crippen LogP) is 16.1. The van der Waals surface area contributed by atoms with Crippen molar-refractivity contribution in [1.82, 2.24) is 23.3 Å². The molecule has 0 unspecified atom stereocenters. The zero-order chi connectivity index (χ0) is 56.5. The van der Waals surface area contributed by atoms with Gasteiger partial charge in [-0.15, -0.1) is 29.7 Å². The van der Waals surface area contributed by atoms with E-state index in [0.29, 0.717) is 27.9 Å². The van der Waals surface area contributed by atoms with Crippen LogP contribution in [0.4, 0.5) is 0 Å². The molecular weight excluding hydrogens is 1110 g/mol. The Labute approximate surface area is 463 Å². The van der Waals surface area contributed by atoms with E-state index in [1.54, 1.807) is 16.7 Å². The summed E-state index contributed by atoms with van der Waals surface area (Å²) in [5.41, 5.74) is 10.8. The summed E-state index contributed by atoms with van der Waals surface area (Å²) in [7, 11) is 0. The summed E-state index contributed by atoms with van der Waals surface area (Å²) in [5.74, 6) is 0.392. The van der Waals surface area contributed by atoms with Gasteiger partial charge in [0.15, 0.2) is 0 Å². The summed E-state index contributed by atoms with van der Waals surface area (Å²) in [4.78, 5) is 4.38. The first-order valence-corrected chi connectivity index (χ1v) is 24.6. The first kappa shape index (κ1) is 37.4. The summed E-state index contributed by atoms with van der Waals surface area (Å²) < 4.78 is 84.9. The molecular formula is C68H44N6OPt-2. The second-order valence-corrected chi connectivity index (χ2v) is 18.6. The number of nitrogens with zero attached hydrogens (tertiary/aromatic N) is 6. The van der Waals surface area contributed by atoms with E-state index in [1.807, 2.05) is 83.4 Å². The van der Waals surface area contributed by atoms with Gasteiger partial charge < -0.3 is 23.0 Å². The fourth-order valence-electron chi connectivity index (χ4n) is 11.0. The van der Waals surface area contributed by atoms with Gasteiger partial charge in [0, 0.05) is 85.4 Å². The SMILES string of the molecule is [2H]c1nc(-n2c3[c-]c(Oc4[c-]c(-n5[c-][n+](-c6cc(-n7c8ccccc8c8ccccc87)cc(-n7c8ccccc8c8ccccc87)c6)c6ccccc65)ccc4)ccc3c3cc(-c4ccccc4)ccc32)c([2H])c(C([2H])([2H])[2H])c1C([2H])([2H])[2H].[Pt]. The Bertz CT molecular complexity index is 4920. The molecule has 0 saturated heterocycles. The molecule has 5 heterocycles. The average Bonchev–Trinajstić information content (AvgIpc) is 2.85. The van der Waals surface area contributed by atoms with E-state index in [2.05, 4.69) is 165 Å². The van der Waals surface area contributed by atoms with E-state index >= 15 is 0 Å². The molecule has 0 N–H and O–H groups in total. The molecule has 364 valence electrons. The molecule has 0 spiro atoms. The molecule has 7 nitrogen and oxygen atoms in total. The number of hydrogen-bond acceptors (Lipinski definition) is 2. The second-order valence-electron chi connectivity index (χ2n) is 18.6. The Morgan fingerprint density at radius 2 is 1.05 bits per heavy atom. The Kier molecular flexibility index (Phi) is 8.86. The minimum Gasteiger partial charge on any atom is -0.510 e. The maximum atomic E-state index is 9.34. The number of ether oxygens (including phenoxy) is 1. The first-order chi connectivity index (χ1) is 40.3. The number of pyridine rings is 1. The fraction of sp³-hybridized carbons (Fsp3) is 0.0294. The molecule has 0 aliphatic rings. The zero-order valence-corrected chi connectivity index (χ0v) is 42.5. The molecule has 15 rings (SSSR count). The largest absolute Gasteiger partial charge is 0.510 e. The fourth-order valence-corrected chi connectivity index (χ4v) is 11.0. The number of imidazole rings is 1. The molecule has 0 bridgehead atoms. The van der Waals surface area contributed by atoms with Crippen molar-refractivity contribution in [3.05, 3.63) is 260 Å². The number of para-hydroxylation sites is 6. The molecule has 0 fully saturated rings. The molecule has 76 heavy (non-hydrogen) atoms. The van der Waals surface area contributed by atoms with Crippen LogP contribution in [0, 0.1) is 32.2 Å². The van der Waals surface area contributed by atoms with Gasteiger partial charge in [0.2, 0.25) is 0 Å². The Morgan fingerprint density at radius 3 is 1.70 bits per heavy atom. The third kappa shape index (κ3) is 7.22. The van der Waals surface area contributed by atoms with Gasteiger partial charge in [-0.3, -0.25) is 4.57 Å². The van der Waals surface area contributed by atoms with Gasteiger partial charge in [-0.2, -0.15) is 18.2 Å². The number of rotatable bonds is 8. The normalized spacial score (nSPS) is 13.6. The van der Waals surface area contributed by atoms with E-state index in [1.165, 1.54) is 0 Å². The summed E-state index contributed by atoms with van der Waals surface area (Å²) in [5, 5.41) is 6.04. The molecule has 5 aromatic heterocycles. The standard InChI is InChI=1S/C68H44N6O.Pt/c1-44-35-68(69-42-45(44)2)74-64-34-31-47(46-17-4-3-5-18-46)36-59(64)58-33-32-53(41-67(58)74)75-52-20-16-19-48(40-52)70-43-71(66-30-15-14-29-65(66)70)49-37-50(72-60-25-10-6-21-54(60)55-22-7-11-26-61(55)72)39-51(38-49)73-62-27-12-8-23-56(62)57-24-9-13-28-63(57)73;/h3-39,42H,1-2H3;/q-2;/i1D3,2D3,35D,42D;. The third-order valence-corrected chi connectivity index (χ3v) is 14.3. The van der Waals surface area contributed by atoms with Crippen LogP contribution in [-0.4, -0.2) is 23.3 Å². The molecule has 0 amide bonds. The van der Waals surface area contributed by atoms with Gasteiger partial charge in [-0.1, -0.05) is 145 Å². The first-order valence-electron chi connectivity index (χ1n) is 28.6. The monoisotopic (exact) mass is 1160 g/mol. The van der Waals surface area contributed by atoms with E-state index in [9.17, 15) is 1.37 Å². The van der Waals surface area contributed by atoms with Gasteiger partial charge >= 0.3 is 0 Å². The molecule has 0 aliphatic carbocycles. The second kappa shape index (κ2) is 18.0. The maximum Gasteiger partial charge on any atom is 0.268 e. The summed E-state index contributed by atoms with van der Waals surface area (Å²) in [6.45, 7) is -6.07. The van der Waals surface area contributed by atoms with Gasteiger partial charge in [0.05, 0.1) is 41.5 Å². The Morgan fingerprint density at radius 1 is 0.474 bits per heavy atom. The predicted molar refractivity (Wildman–Crippen MR) is 304 cm³/mol. The van der Waals surface area contributed by atoms with Crippen molar-refractivity contribution in [2.75, 3.05) is 0 Å². The van der Waals surface area contributed by atoms with Crippen LogP contribution in [0.2, 0.25) is 0 Å². The number of fused-ring (bicyclic) bond motifs is 10.